The number of aryl methyl sites for hydroxylation is 1. The van der Waals surface area contributed by atoms with E-state index in [2.05, 4.69) is 13.8 Å². The lowest BCUT2D eigenvalue weighted by Crippen LogP contribution is -2.19. The van der Waals surface area contributed by atoms with Crippen molar-refractivity contribution >= 4 is 24.9 Å². The summed E-state index contributed by atoms with van der Waals surface area (Å²) < 4.78 is 0. The minimum Gasteiger partial charge on any atom is -0.0850 e. The van der Waals surface area contributed by atoms with Gasteiger partial charge in [-0.3, -0.25) is 0 Å². The van der Waals surface area contributed by atoms with E-state index < -0.39 is 0 Å². The van der Waals surface area contributed by atoms with Crippen molar-refractivity contribution in [1.29, 1.82) is 0 Å². The lowest BCUT2D eigenvalue weighted by molar-refractivity contribution is 0.480. The van der Waals surface area contributed by atoms with E-state index in [1.54, 1.807) is 0 Å². The summed E-state index contributed by atoms with van der Waals surface area (Å²) >= 11 is 6.16. The molecule has 0 unspecified atom stereocenters. The van der Waals surface area contributed by atoms with Crippen LogP contribution >= 0.6 is 11.6 Å². The second-order valence-corrected chi connectivity index (χ2v) is 5.51. The van der Waals surface area contributed by atoms with Crippen LogP contribution in [0.1, 0.15) is 42.9 Å². The molecule has 0 bridgehead atoms. The highest BCUT2D eigenvalue weighted by atomic mass is 35.5. The van der Waals surface area contributed by atoms with Gasteiger partial charge in [-0.25, -0.2) is 0 Å². The third kappa shape index (κ3) is 2.30. The monoisotopic (exact) mass is 232 g/mol. The first-order valence-corrected chi connectivity index (χ1v) is 6.53. The number of halogens is 1. The molecule has 2 rings (SSSR count). The van der Waals surface area contributed by atoms with Gasteiger partial charge in [-0.05, 0) is 49.3 Å². The van der Waals surface area contributed by atoms with E-state index in [4.69, 9.17) is 19.4 Å². The fraction of sp³-hybridized carbons (Fsp3) is 0.571. The number of hydrogen-bond donors (Lipinski definition) is 0. The van der Waals surface area contributed by atoms with Gasteiger partial charge < -0.3 is 0 Å². The molecule has 1 atom stereocenters. The maximum atomic E-state index is 6.16. The molecule has 0 saturated heterocycles. The number of fused-ring (bicyclic) bond motifs is 1. The van der Waals surface area contributed by atoms with Crippen molar-refractivity contribution in [1.82, 2.24) is 0 Å². The van der Waals surface area contributed by atoms with Crippen LogP contribution < -0.4 is 5.46 Å². The van der Waals surface area contributed by atoms with E-state index >= 15 is 0 Å². The van der Waals surface area contributed by atoms with Gasteiger partial charge >= 0.3 is 0 Å². The molecule has 0 nitrogen and oxygen atoms in total. The first-order valence-electron chi connectivity index (χ1n) is 6.16. The average molecular weight is 233 g/mol. The van der Waals surface area contributed by atoms with Crippen LogP contribution in [0.25, 0.3) is 0 Å². The second kappa shape index (κ2) is 4.83. The summed E-state index contributed by atoms with van der Waals surface area (Å²) in [5.41, 5.74) is 4.89. The predicted octanol–water partition coefficient (Wildman–Crippen LogP) is 3.35. The Labute approximate surface area is 105 Å². The molecular formula is C14H18BCl. The summed E-state index contributed by atoms with van der Waals surface area (Å²) in [6.07, 6.45) is 6.13. The summed E-state index contributed by atoms with van der Waals surface area (Å²) in [5.74, 6) is 0.762. The fourth-order valence-electron chi connectivity index (χ4n) is 2.71. The highest BCUT2D eigenvalue weighted by Gasteiger charge is 2.16. The summed E-state index contributed by atoms with van der Waals surface area (Å²) in [6, 6.07) is 2.02. The highest BCUT2D eigenvalue weighted by Crippen LogP contribution is 2.27. The standard InChI is InChI=1S/C14H18BCl/c1-9-5-3-4-6-11-12(7-9)10(2)8-13(16)14(11)15/h8-9H,3-7H2,1-2H3/t9-/m1/s1. The van der Waals surface area contributed by atoms with Crippen LogP contribution in [-0.4, -0.2) is 7.85 Å². The molecule has 0 spiro atoms. The van der Waals surface area contributed by atoms with Crippen LogP contribution in [0.2, 0.25) is 5.02 Å². The minimum atomic E-state index is 0.726. The van der Waals surface area contributed by atoms with Gasteiger partial charge in [0.2, 0.25) is 0 Å². The average Bonchev–Trinajstić information content (AvgIpc) is 2.20. The van der Waals surface area contributed by atoms with Crippen molar-refractivity contribution in [2.45, 2.75) is 46.0 Å². The molecule has 0 N–H and O–H groups in total. The van der Waals surface area contributed by atoms with E-state index in [-0.39, 0.29) is 0 Å². The van der Waals surface area contributed by atoms with Crippen molar-refractivity contribution in [2.75, 3.05) is 0 Å². The first-order chi connectivity index (χ1) is 7.59. The zero-order valence-corrected chi connectivity index (χ0v) is 10.9. The summed E-state index contributed by atoms with van der Waals surface area (Å²) in [5, 5.41) is 0.726. The van der Waals surface area contributed by atoms with Gasteiger partial charge in [-0.15, -0.1) is 0 Å². The SMILES string of the molecule is [B]c1c(Cl)cc(C)c2c1CCCC[C@@H](C)C2. The number of hydrogen-bond acceptors (Lipinski definition) is 0. The van der Waals surface area contributed by atoms with Crippen LogP contribution in [0.5, 0.6) is 0 Å². The van der Waals surface area contributed by atoms with E-state index in [0.29, 0.717) is 0 Å². The van der Waals surface area contributed by atoms with Crippen molar-refractivity contribution in [3.05, 3.63) is 27.8 Å². The molecule has 0 aliphatic heterocycles. The summed E-state index contributed by atoms with van der Waals surface area (Å²) in [4.78, 5) is 0. The van der Waals surface area contributed by atoms with Gasteiger partial charge in [-0.1, -0.05) is 42.4 Å². The molecule has 1 aliphatic carbocycles. The first kappa shape index (κ1) is 12.0. The van der Waals surface area contributed by atoms with Gasteiger partial charge in [-0.2, -0.15) is 0 Å². The van der Waals surface area contributed by atoms with Crippen molar-refractivity contribution in [3.8, 4) is 0 Å². The van der Waals surface area contributed by atoms with Crippen LogP contribution in [-0.2, 0) is 12.8 Å². The van der Waals surface area contributed by atoms with Crippen molar-refractivity contribution in [3.63, 3.8) is 0 Å². The van der Waals surface area contributed by atoms with E-state index in [1.807, 2.05) is 6.07 Å². The molecular weight excluding hydrogens is 214 g/mol. The largest absolute Gasteiger partial charge is 0.116 e. The third-order valence-corrected chi connectivity index (χ3v) is 4.00. The fourth-order valence-corrected chi connectivity index (χ4v) is 2.99. The molecule has 0 saturated carbocycles. The molecule has 0 fully saturated rings. The third-order valence-electron chi connectivity index (χ3n) is 3.69. The highest BCUT2D eigenvalue weighted by molar-refractivity contribution is 6.45. The normalized spacial score (nSPS) is 21.1. The molecule has 84 valence electrons. The van der Waals surface area contributed by atoms with Gasteiger partial charge in [0.25, 0.3) is 0 Å². The maximum absolute atomic E-state index is 6.16. The lowest BCUT2D eigenvalue weighted by Gasteiger charge is -2.23. The van der Waals surface area contributed by atoms with Gasteiger partial charge in [0.15, 0.2) is 0 Å². The maximum Gasteiger partial charge on any atom is 0.116 e. The summed E-state index contributed by atoms with van der Waals surface area (Å²) in [7, 11) is 6.11. The molecule has 16 heavy (non-hydrogen) atoms. The molecule has 0 aromatic heterocycles. The molecule has 0 heterocycles. The van der Waals surface area contributed by atoms with E-state index in [0.717, 1.165) is 29.2 Å². The Morgan fingerprint density at radius 2 is 2.06 bits per heavy atom. The number of benzene rings is 1. The second-order valence-electron chi connectivity index (χ2n) is 5.10. The quantitative estimate of drug-likeness (QED) is 0.602. The molecule has 2 radical (unpaired) electrons. The Balaban J connectivity index is 2.50. The smallest absolute Gasteiger partial charge is 0.0850 e. The Morgan fingerprint density at radius 3 is 2.81 bits per heavy atom. The molecule has 1 aliphatic rings. The van der Waals surface area contributed by atoms with Crippen molar-refractivity contribution in [2.24, 2.45) is 5.92 Å². The zero-order chi connectivity index (χ0) is 11.7. The van der Waals surface area contributed by atoms with Gasteiger partial charge in [0.1, 0.15) is 7.85 Å². The minimum absolute atomic E-state index is 0.726. The van der Waals surface area contributed by atoms with Crippen LogP contribution in [0.4, 0.5) is 0 Å². The lowest BCUT2D eigenvalue weighted by atomic mass is 9.78. The predicted molar refractivity (Wildman–Crippen MR) is 72.0 cm³/mol. The Hall–Kier alpha value is -0.425. The molecule has 0 amide bonds. The van der Waals surface area contributed by atoms with Crippen LogP contribution in [0, 0.1) is 12.8 Å². The van der Waals surface area contributed by atoms with Crippen LogP contribution in [0.15, 0.2) is 6.07 Å². The molecule has 1 aromatic rings. The van der Waals surface area contributed by atoms with E-state index in [9.17, 15) is 0 Å². The molecule has 2 heteroatoms. The Kier molecular flexibility index (Phi) is 3.64. The van der Waals surface area contributed by atoms with E-state index in [1.165, 1.54) is 36.0 Å². The Bertz CT molecular complexity index is 398. The van der Waals surface area contributed by atoms with Crippen molar-refractivity contribution < 1.29 is 0 Å². The topological polar surface area (TPSA) is 0 Å². The number of rotatable bonds is 0. The summed E-state index contributed by atoms with van der Waals surface area (Å²) in [6.45, 7) is 4.48. The van der Waals surface area contributed by atoms with Gasteiger partial charge in [0.05, 0.1) is 0 Å². The zero-order valence-electron chi connectivity index (χ0n) is 10.1. The molecule has 1 aromatic carbocycles. The van der Waals surface area contributed by atoms with Crippen LogP contribution in [0.3, 0.4) is 0 Å². The Morgan fingerprint density at radius 1 is 1.31 bits per heavy atom. The van der Waals surface area contributed by atoms with Gasteiger partial charge in [0, 0.05) is 5.02 Å².